The Bertz CT molecular complexity index is 355. The maximum atomic E-state index is 11.2. The van der Waals surface area contributed by atoms with E-state index in [1.807, 2.05) is 12.1 Å². The van der Waals surface area contributed by atoms with Crippen LogP contribution in [0.25, 0.3) is 0 Å². The SMILES string of the molecule is COC(=O)C1Cc2c(C)cccc21. The third-order valence-electron chi connectivity index (χ3n) is 2.72. The third kappa shape index (κ3) is 1.13. The van der Waals surface area contributed by atoms with Gasteiger partial charge >= 0.3 is 5.97 Å². The normalized spacial score (nSPS) is 18.8. The molecule has 1 unspecified atom stereocenters. The van der Waals surface area contributed by atoms with Gasteiger partial charge < -0.3 is 4.74 Å². The Kier molecular flexibility index (Phi) is 1.83. The summed E-state index contributed by atoms with van der Waals surface area (Å²) in [5.74, 6) is -0.127. The number of ether oxygens (including phenoxy) is 1. The second-order valence-electron chi connectivity index (χ2n) is 3.42. The van der Waals surface area contributed by atoms with Crippen LogP contribution in [-0.4, -0.2) is 13.1 Å². The van der Waals surface area contributed by atoms with Gasteiger partial charge in [0.2, 0.25) is 0 Å². The summed E-state index contributed by atoms with van der Waals surface area (Å²) in [6.07, 6.45) is 0.842. The number of carbonyl (C=O) groups is 1. The number of fused-ring (bicyclic) bond motifs is 1. The largest absolute Gasteiger partial charge is 0.469 e. The molecule has 2 rings (SSSR count). The molecule has 0 heterocycles. The summed E-state index contributed by atoms with van der Waals surface area (Å²) in [5.41, 5.74) is 3.74. The van der Waals surface area contributed by atoms with Gasteiger partial charge in [0.25, 0.3) is 0 Å². The number of benzene rings is 1. The van der Waals surface area contributed by atoms with E-state index in [4.69, 9.17) is 4.74 Å². The molecular formula is C11H12O2. The summed E-state index contributed by atoms with van der Waals surface area (Å²) in [6, 6.07) is 6.07. The van der Waals surface area contributed by atoms with Crippen LogP contribution >= 0.6 is 0 Å². The monoisotopic (exact) mass is 176 g/mol. The van der Waals surface area contributed by atoms with Crippen molar-refractivity contribution >= 4 is 5.97 Å². The van der Waals surface area contributed by atoms with Gasteiger partial charge in [-0.25, -0.2) is 0 Å². The third-order valence-corrected chi connectivity index (χ3v) is 2.72. The average molecular weight is 176 g/mol. The maximum absolute atomic E-state index is 11.2. The number of carbonyl (C=O) groups excluding carboxylic acids is 1. The number of hydrogen-bond acceptors (Lipinski definition) is 2. The van der Waals surface area contributed by atoms with E-state index >= 15 is 0 Å². The minimum absolute atomic E-state index is 0.0140. The van der Waals surface area contributed by atoms with Crippen molar-refractivity contribution in [1.82, 2.24) is 0 Å². The number of rotatable bonds is 1. The van der Waals surface area contributed by atoms with Crippen LogP contribution < -0.4 is 0 Å². The van der Waals surface area contributed by atoms with Crippen LogP contribution in [0.4, 0.5) is 0 Å². The maximum Gasteiger partial charge on any atom is 0.313 e. The lowest BCUT2D eigenvalue weighted by Crippen LogP contribution is -2.26. The van der Waals surface area contributed by atoms with Crippen molar-refractivity contribution in [2.75, 3.05) is 7.11 Å². The van der Waals surface area contributed by atoms with Crippen molar-refractivity contribution in [1.29, 1.82) is 0 Å². The Hall–Kier alpha value is -1.31. The molecule has 0 bridgehead atoms. The van der Waals surface area contributed by atoms with E-state index in [1.165, 1.54) is 18.2 Å². The van der Waals surface area contributed by atoms with Crippen molar-refractivity contribution in [2.45, 2.75) is 19.3 Å². The van der Waals surface area contributed by atoms with E-state index in [-0.39, 0.29) is 11.9 Å². The van der Waals surface area contributed by atoms with Crippen molar-refractivity contribution in [2.24, 2.45) is 0 Å². The van der Waals surface area contributed by atoms with E-state index in [9.17, 15) is 4.79 Å². The quantitative estimate of drug-likeness (QED) is 0.610. The molecule has 1 aromatic carbocycles. The van der Waals surface area contributed by atoms with E-state index in [0.717, 1.165) is 12.0 Å². The molecule has 0 aromatic heterocycles. The number of esters is 1. The fraction of sp³-hybridized carbons (Fsp3) is 0.364. The van der Waals surface area contributed by atoms with Crippen LogP contribution in [0.3, 0.4) is 0 Å². The van der Waals surface area contributed by atoms with Crippen LogP contribution in [0, 0.1) is 6.92 Å². The lowest BCUT2D eigenvalue weighted by molar-refractivity contribution is -0.143. The van der Waals surface area contributed by atoms with Crippen LogP contribution in [0.1, 0.15) is 22.6 Å². The first-order valence-electron chi connectivity index (χ1n) is 4.40. The highest BCUT2D eigenvalue weighted by Crippen LogP contribution is 2.37. The molecule has 0 saturated carbocycles. The molecule has 0 spiro atoms. The minimum Gasteiger partial charge on any atom is -0.469 e. The van der Waals surface area contributed by atoms with Crippen molar-refractivity contribution in [3.05, 3.63) is 34.9 Å². The lowest BCUT2D eigenvalue weighted by atomic mass is 9.75. The zero-order valence-corrected chi connectivity index (χ0v) is 7.83. The Labute approximate surface area is 77.5 Å². The Morgan fingerprint density at radius 3 is 3.00 bits per heavy atom. The summed E-state index contributed by atoms with van der Waals surface area (Å²) >= 11 is 0. The molecule has 0 aliphatic heterocycles. The molecule has 0 amide bonds. The van der Waals surface area contributed by atoms with Crippen LogP contribution in [0.15, 0.2) is 18.2 Å². The van der Waals surface area contributed by atoms with E-state index in [2.05, 4.69) is 13.0 Å². The van der Waals surface area contributed by atoms with Gasteiger partial charge in [-0.15, -0.1) is 0 Å². The zero-order chi connectivity index (χ0) is 9.42. The molecule has 0 N–H and O–H groups in total. The van der Waals surface area contributed by atoms with Crippen molar-refractivity contribution < 1.29 is 9.53 Å². The Morgan fingerprint density at radius 2 is 2.31 bits per heavy atom. The van der Waals surface area contributed by atoms with Crippen molar-refractivity contribution in [3.63, 3.8) is 0 Å². The predicted octanol–water partition coefficient (Wildman–Crippen LogP) is 1.81. The molecule has 68 valence electrons. The molecule has 0 saturated heterocycles. The number of hydrogen-bond donors (Lipinski definition) is 0. The second kappa shape index (κ2) is 2.87. The topological polar surface area (TPSA) is 26.3 Å². The first kappa shape index (κ1) is 8.30. The predicted molar refractivity (Wildman–Crippen MR) is 49.6 cm³/mol. The Balaban J connectivity index is 2.32. The summed E-state index contributed by atoms with van der Waals surface area (Å²) in [7, 11) is 1.44. The molecule has 2 nitrogen and oxygen atoms in total. The summed E-state index contributed by atoms with van der Waals surface area (Å²) in [5, 5.41) is 0. The van der Waals surface area contributed by atoms with Crippen LogP contribution in [-0.2, 0) is 16.0 Å². The van der Waals surface area contributed by atoms with Gasteiger partial charge in [-0.3, -0.25) is 4.79 Å². The highest BCUT2D eigenvalue weighted by atomic mass is 16.5. The molecule has 2 heteroatoms. The molecule has 0 fully saturated rings. The molecule has 1 aliphatic rings. The lowest BCUT2D eigenvalue weighted by Gasteiger charge is -2.29. The first-order chi connectivity index (χ1) is 6.24. The molecule has 1 atom stereocenters. The molecule has 13 heavy (non-hydrogen) atoms. The zero-order valence-electron chi connectivity index (χ0n) is 7.83. The highest BCUT2D eigenvalue weighted by Gasteiger charge is 2.33. The second-order valence-corrected chi connectivity index (χ2v) is 3.42. The highest BCUT2D eigenvalue weighted by molar-refractivity contribution is 5.82. The van der Waals surface area contributed by atoms with Crippen molar-refractivity contribution in [3.8, 4) is 0 Å². The first-order valence-corrected chi connectivity index (χ1v) is 4.40. The number of aryl methyl sites for hydroxylation is 1. The smallest absolute Gasteiger partial charge is 0.313 e. The molecule has 0 radical (unpaired) electrons. The fourth-order valence-corrected chi connectivity index (χ4v) is 1.87. The van der Waals surface area contributed by atoms with Gasteiger partial charge in [-0.05, 0) is 30.0 Å². The van der Waals surface area contributed by atoms with Crippen LogP contribution in [0.2, 0.25) is 0 Å². The number of methoxy groups -OCH3 is 1. The summed E-state index contributed by atoms with van der Waals surface area (Å²) in [4.78, 5) is 11.2. The fourth-order valence-electron chi connectivity index (χ4n) is 1.87. The molecule has 1 aliphatic carbocycles. The van der Waals surface area contributed by atoms with Gasteiger partial charge in [0, 0.05) is 0 Å². The standard InChI is InChI=1S/C11H12O2/c1-7-4-3-5-8-9(7)6-10(8)11(12)13-2/h3-5,10H,6H2,1-2H3. The van der Waals surface area contributed by atoms with E-state index in [1.54, 1.807) is 0 Å². The van der Waals surface area contributed by atoms with Gasteiger partial charge in [0.05, 0.1) is 13.0 Å². The van der Waals surface area contributed by atoms with Gasteiger partial charge in [-0.2, -0.15) is 0 Å². The van der Waals surface area contributed by atoms with Gasteiger partial charge in [0.1, 0.15) is 0 Å². The van der Waals surface area contributed by atoms with E-state index < -0.39 is 0 Å². The summed E-state index contributed by atoms with van der Waals surface area (Å²) in [6.45, 7) is 2.08. The molecule has 1 aromatic rings. The molecular weight excluding hydrogens is 164 g/mol. The van der Waals surface area contributed by atoms with Gasteiger partial charge in [0.15, 0.2) is 0 Å². The summed E-state index contributed by atoms with van der Waals surface area (Å²) < 4.78 is 4.71. The van der Waals surface area contributed by atoms with Crippen LogP contribution in [0.5, 0.6) is 0 Å². The minimum atomic E-state index is -0.113. The average Bonchev–Trinajstić information content (AvgIpc) is 2.08. The van der Waals surface area contributed by atoms with E-state index in [0.29, 0.717) is 0 Å². The van der Waals surface area contributed by atoms with Gasteiger partial charge in [-0.1, -0.05) is 18.2 Å². The Morgan fingerprint density at radius 1 is 1.54 bits per heavy atom.